The summed E-state index contributed by atoms with van der Waals surface area (Å²) in [6.07, 6.45) is 2.88. The van der Waals surface area contributed by atoms with Crippen LogP contribution >= 0.6 is 0 Å². The maximum Gasteiger partial charge on any atom is 0.218 e. The Bertz CT molecular complexity index is 706. The van der Waals surface area contributed by atoms with Crippen molar-refractivity contribution in [1.29, 1.82) is 0 Å². The Labute approximate surface area is 143 Å². The number of morpholine rings is 1. The molecule has 0 bridgehead atoms. The molecule has 2 aliphatic heterocycles. The number of hydrogen-bond donors (Lipinski definition) is 1. The number of fused-ring (bicyclic) bond motifs is 2. The number of pyridine rings is 1. The van der Waals surface area contributed by atoms with E-state index in [2.05, 4.69) is 27.3 Å². The van der Waals surface area contributed by atoms with Crippen molar-refractivity contribution in [3.8, 4) is 5.88 Å². The van der Waals surface area contributed by atoms with Gasteiger partial charge in [0.15, 0.2) is 0 Å². The van der Waals surface area contributed by atoms with E-state index in [1.807, 2.05) is 18.2 Å². The van der Waals surface area contributed by atoms with Crippen LogP contribution in [0.1, 0.15) is 18.4 Å². The molecule has 0 spiro atoms. The van der Waals surface area contributed by atoms with Crippen molar-refractivity contribution >= 4 is 10.9 Å². The lowest BCUT2D eigenvalue weighted by molar-refractivity contribution is -0.0470. The van der Waals surface area contributed by atoms with Crippen LogP contribution < -0.4 is 10.1 Å². The Kier molecular flexibility index (Phi) is 4.65. The number of hydrogen-bond acceptors (Lipinski definition) is 5. The first kappa shape index (κ1) is 15.8. The average Bonchev–Trinajstić information content (AvgIpc) is 3.09. The second kappa shape index (κ2) is 7.05. The second-order valence-electron chi connectivity index (χ2n) is 6.73. The van der Waals surface area contributed by atoms with Gasteiger partial charge in [0.2, 0.25) is 5.88 Å². The molecule has 1 N–H and O–H groups in total. The predicted molar refractivity (Wildman–Crippen MR) is 94.3 cm³/mol. The first-order valence-corrected chi connectivity index (χ1v) is 8.82. The van der Waals surface area contributed by atoms with E-state index in [0.29, 0.717) is 11.9 Å². The van der Waals surface area contributed by atoms with Gasteiger partial charge in [-0.1, -0.05) is 18.2 Å². The Morgan fingerprint density at radius 1 is 1.38 bits per heavy atom. The van der Waals surface area contributed by atoms with E-state index in [1.54, 1.807) is 7.11 Å². The van der Waals surface area contributed by atoms with Crippen molar-refractivity contribution < 1.29 is 9.47 Å². The number of ether oxygens (including phenoxy) is 2. The van der Waals surface area contributed by atoms with Crippen molar-refractivity contribution in [1.82, 2.24) is 15.2 Å². The van der Waals surface area contributed by atoms with Gasteiger partial charge in [0.1, 0.15) is 0 Å². The third kappa shape index (κ3) is 3.24. The monoisotopic (exact) mass is 327 g/mol. The van der Waals surface area contributed by atoms with Gasteiger partial charge in [-0.2, -0.15) is 0 Å². The van der Waals surface area contributed by atoms with Crippen LogP contribution in [-0.2, 0) is 11.3 Å². The van der Waals surface area contributed by atoms with Crippen LogP contribution in [0, 0.1) is 0 Å². The SMILES string of the molecule is COc1nc2ccccc2cc1CNC[C@H]1CN2CCC[C@H]2CO1. The van der Waals surface area contributed by atoms with Gasteiger partial charge in [-0.15, -0.1) is 0 Å². The van der Waals surface area contributed by atoms with Crippen LogP contribution in [-0.4, -0.2) is 55.4 Å². The number of nitrogens with one attached hydrogen (secondary N) is 1. The summed E-state index contributed by atoms with van der Waals surface area (Å²) < 4.78 is 11.5. The fourth-order valence-electron chi connectivity index (χ4n) is 3.82. The quantitative estimate of drug-likeness (QED) is 0.912. The minimum absolute atomic E-state index is 0.277. The van der Waals surface area contributed by atoms with E-state index in [-0.39, 0.29) is 6.10 Å². The van der Waals surface area contributed by atoms with Gasteiger partial charge >= 0.3 is 0 Å². The predicted octanol–water partition coefficient (Wildman–Crippen LogP) is 2.20. The van der Waals surface area contributed by atoms with Crippen LogP contribution in [0.2, 0.25) is 0 Å². The van der Waals surface area contributed by atoms with Crippen LogP contribution in [0.15, 0.2) is 30.3 Å². The lowest BCUT2D eigenvalue weighted by atomic mass is 10.1. The molecule has 2 saturated heterocycles. The van der Waals surface area contributed by atoms with Crippen molar-refractivity contribution in [2.45, 2.75) is 31.5 Å². The fourth-order valence-corrected chi connectivity index (χ4v) is 3.82. The number of nitrogens with zero attached hydrogens (tertiary/aromatic N) is 2. The van der Waals surface area contributed by atoms with Crippen LogP contribution in [0.25, 0.3) is 10.9 Å². The molecule has 128 valence electrons. The first-order chi connectivity index (χ1) is 11.8. The van der Waals surface area contributed by atoms with Crippen LogP contribution in [0.4, 0.5) is 0 Å². The number of aromatic nitrogens is 1. The minimum atomic E-state index is 0.277. The Morgan fingerprint density at radius 3 is 3.21 bits per heavy atom. The summed E-state index contributed by atoms with van der Waals surface area (Å²) in [6.45, 7) is 4.76. The van der Waals surface area contributed by atoms with Gasteiger partial charge in [-0.25, -0.2) is 4.98 Å². The smallest absolute Gasteiger partial charge is 0.218 e. The summed E-state index contributed by atoms with van der Waals surface area (Å²) >= 11 is 0. The fraction of sp³-hybridized carbons (Fsp3) is 0.526. The molecule has 2 atom stereocenters. The molecule has 2 aromatic rings. The van der Waals surface area contributed by atoms with E-state index in [4.69, 9.17) is 9.47 Å². The molecule has 5 nitrogen and oxygen atoms in total. The highest BCUT2D eigenvalue weighted by atomic mass is 16.5. The van der Waals surface area contributed by atoms with Crippen LogP contribution in [0.3, 0.4) is 0 Å². The largest absolute Gasteiger partial charge is 0.481 e. The zero-order valence-electron chi connectivity index (χ0n) is 14.2. The summed E-state index contributed by atoms with van der Waals surface area (Å²) in [5, 5.41) is 4.66. The van der Waals surface area contributed by atoms with Crippen molar-refractivity contribution in [2.24, 2.45) is 0 Å². The average molecular weight is 327 g/mol. The molecule has 24 heavy (non-hydrogen) atoms. The van der Waals surface area contributed by atoms with Gasteiger partial charge in [0, 0.05) is 36.6 Å². The molecule has 1 aromatic heterocycles. The number of methoxy groups -OCH3 is 1. The lowest BCUT2D eigenvalue weighted by Gasteiger charge is -2.35. The molecule has 0 saturated carbocycles. The summed E-state index contributed by atoms with van der Waals surface area (Å²) in [7, 11) is 1.68. The number of para-hydroxylation sites is 1. The van der Waals surface area contributed by atoms with E-state index < -0.39 is 0 Å². The zero-order chi connectivity index (χ0) is 16.4. The maximum atomic E-state index is 6.01. The summed E-state index contributed by atoms with van der Waals surface area (Å²) in [5.41, 5.74) is 2.06. The summed E-state index contributed by atoms with van der Waals surface area (Å²) in [5.74, 6) is 0.699. The highest BCUT2D eigenvalue weighted by Crippen LogP contribution is 2.23. The Balaban J connectivity index is 1.38. The summed E-state index contributed by atoms with van der Waals surface area (Å²) in [6, 6.07) is 11.0. The van der Waals surface area contributed by atoms with Crippen molar-refractivity contribution in [3.63, 3.8) is 0 Å². The van der Waals surface area contributed by atoms with Crippen molar-refractivity contribution in [2.75, 3.05) is 33.4 Å². The Hall–Kier alpha value is -1.69. The molecule has 1 aromatic carbocycles. The zero-order valence-corrected chi connectivity index (χ0v) is 14.2. The molecule has 0 radical (unpaired) electrons. The summed E-state index contributed by atoms with van der Waals surface area (Å²) in [4.78, 5) is 7.18. The van der Waals surface area contributed by atoms with Gasteiger partial charge in [0.05, 0.1) is 25.3 Å². The van der Waals surface area contributed by atoms with Gasteiger partial charge in [-0.05, 0) is 31.5 Å². The maximum absolute atomic E-state index is 6.01. The van der Waals surface area contributed by atoms with Gasteiger partial charge in [-0.3, -0.25) is 4.90 Å². The highest BCUT2D eigenvalue weighted by molar-refractivity contribution is 5.80. The van der Waals surface area contributed by atoms with Crippen LogP contribution in [0.5, 0.6) is 5.88 Å². The van der Waals surface area contributed by atoms with E-state index in [0.717, 1.165) is 42.7 Å². The molecular weight excluding hydrogens is 302 g/mol. The first-order valence-electron chi connectivity index (χ1n) is 8.82. The number of benzene rings is 1. The van der Waals surface area contributed by atoms with Gasteiger partial charge in [0.25, 0.3) is 0 Å². The highest BCUT2D eigenvalue weighted by Gasteiger charge is 2.31. The van der Waals surface area contributed by atoms with E-state index >= 15 is 0 Å². The molecule has 0 unspecified atom stereocenters. The van der Waals surface area contributed by atoms with E-state index in [1.165, 1.54) is 19.4 Å². The lowest BCUT2D eigenvalue weighted by Crippen LogP contribution is -2.49. The molecule has 4 rings (SSSR count). The molecule has 2 fully saturated rings. The molecular formula is C19H25N3O2. The second-order valence-corrected chi connectivity index (χ2v) is 6.73. The topological polar surface area (TPSA) is 46.6 Å². The third-order valence-electron chi connectivity index (χ3n) is 5.11. The normalized spacial score (nSPS) is 24.2. The third-order valence-corrected chi connectivity index (χ3v) is 5.11. The molecule has 0 amide bonds. The standard InChI is InChI=1S/C19H25N3O2/c1-23-19-15(9-14-5-2-3-7-18(14)21-19)10-20-11-17-12-22-8-4-6-16(22)13-24-17/h2-3,5,7,9,16-17,20H,4,6,8,10-13H2,1H3/t16-,17-/m0/s1. The molecule has 3 heterocycles. The van der Waals surface area contributed by atoms with Crippen molar-refractivity contribution in [3.05, 3.63) is 35.9 Å². The van der Waals surface area contributed by atoms with Gasteiger partial charge < -0.3 is 14.8 Å². The molecule has 0 aliphatic carbocycles. The Morgan fingerprint density at radius 2 is 2.29 bits per heavy atom. The molecule has 2 aliphatic rings. The molecule has 5 heteroatoms. The number of rotatable bonds is 5. The van der Waals surface area contributed by atoms with E-state index in [9.17, 15) is 0 Å². The minimum Gasteiger partial charge on any atom is -0.481 e.